The van der Waals surface area contributed by atoms with Crippen molar-refractivity contribution in [2.45, 2.75) is 39.0 Å². The van der Waals surface area contributed by atoms with E-state index in [4.69, 9.17) is 9.84 Å². The van der Waals surface area contributed by atoms with E-state index in [1.54, 1.807) is 12.1 Å². The van der Waals surface area contributed by atoms with Crippen LogP contribution in [0.15, 0.2) is 36.4 Å². The van der Waals surface area contributed by atoms with Crippen molar-refractivity contribution in [3.8, 4) is 5.75 Å². The monoisotopic (exact) mass is 382 g/mol. The van der Waals surface area contributed by atoms with Crippen LogP contribution in [0, 0.1) is 6.92 Å². The summed E-state index contributed by atoms with van der Waals surface area (Å²) in [6.07, 6.45) is 2.66. The van der Waals surface area contributed by atoms with Crippen LogP contribution < -0.4 is 4.74 Å². The number of hydrogen-bond acceptors (Lipinski definition) is 4. The Balaban J connectivity index is 1.60. The zero-order chi connectivity index (χ0) is 20.1. The van der Waals surface area contributed by atoms with Gasteiger partial charge in [0.25, 0.3) is 5.91 Å². The third-order valence-corrected chi connectivity index (χ3v) is 5.16. The third kappa shape index (κ3) is 4.68. The van der Waals surface area contributed by atoms with Crippen LogP contribution in [0.4, 0.5) is 0 Å². The number of ether oxygens (including phenoxy) is 1. The molecule has 0 saturated carbocycles. The second kappa shape index (κ2) is 8.87. The number of rotatable bonds is 6. The van der Waals surface area contributed by atoms with E-state index in [1.807, 2.05) is 43.0 Å². The number of carbonyl (C=O) groups excluding carboxylic acids is 1. The molecule has 1 atom stereocenters. The Labute approximate surface area is 165 Å². The first-order valence-electron chi connectivity index (χ1n) is 9.68. The number of aromatic carboxylic acids is 1. The summed E-state index contributed by atoms with van der Waals surface area (Å²) in [6, 6.07) is 10.7. The highest BCUT2D eigenvalue weighted by Gasteiger charge is 2.25. The number of aromatic nitrogens is 1. The maximum absolute atomic E-state index is 12.7. The quantitative estimate of drug-likeness (QED) is 0.828. The van der Waals surface area contributed by atoms with Crippen LogP contribution in [0.1, 0.15) is 53.0 Å². The summed E-state index contributed by atoms with van der Waals surface area (Å²) in [7, 11) is 0. The van der Waals surface area contributed by atoms with Crippen LogP contribution in [0.5, 0.6) is 5.75 Å². The van der Waals surface area contributed by atoms with E-state index >= 15 is 0 Å². The van der Waals surface area contributed by atoms with Gasteiger partial charge in [-0.25, -0.2) is 4.79 Å². The Morgan fingerprint density at radius 2 is 1.96 bits per heavy atom. The molecule has 1 aromatic heterocycles. The molecule has 1 aliphatic heterocycles. The Bertz CT molecular complexity index is 848. The molecule has 0 spiro atoms. The van der Waals surface area contributed by atoms with E-state index in [2.05, 4.69) is 4.98 Å². The molecule has 2 aromatic rings. The number of likely N-dealkylation sites (tertiary alicyclic amines) is 1. The maximum Gasteiger partial charge on any atom is 0.335 e. The van der Waals surface area contributed by atoms with Gasteiger partial charge in [0.15, 0.2) is 6.61 Å². The number of benzene rings is 1. The van der Waals surface area contributed by atoms with Gasteiger partial charge in [0.2, 0.25) is 0 Å². The molecule has 148 valence electrons. The summed E-state index contributed by atoms with van der Waals surface area (Å²) < 4.78 is 5.76. The molecule has 1 saturated heterocycles. The summed E-state index contributed by atoms with van der Waals surface area (Å²) in [5.41, 5.74) is 3.14. The van der Waals surface area contributed by atoms with Crippen molar-refractivity contribution >= 4 is 11.9 Å². The van der Waals surface area contributed by atoms with Crippen molar-refractivity contribution in [2.24, 2.45) is 0 Å². The van der Waals surface area contributed by atoms with Crippen molar-refractivity contribution in [3.63, 3.8) is 0 Å². The fourth-order valence-corrected chi connectivity index (χ4v) is 3.59. The number of hydrogen-bond donors (Lipinski definition) is 1. The van der Waals surface area contributed by atoms with Crippen molar-refractivity contribution in [3.05, 3.63) is 58.9 Å². The van der Waals surface area contributed by atoms with Crippen molar-refractivity contribution in [1.82, 2.24) is 9.88 Å². The zero-order valence-electron chi connectivity index (χ0n) is 16.4. The molecule has 1 aromatic carbocycles. The number of pyridine rings is 1. The zero-order valence-corrected chi connectivity index (χ0v) is 16.4. The smallest absolute Gasteiger partial charge is 0.335 e. The molecular weight excluding hydrogens is 356 g/mol. The average molecular weight is 382 g/mol. The molecule has 6 nitrogen and oxygen atoms in total. The number of amides is 1. The lowest BCUT2D eigenvalue weighted by atomic mass is 9.90. The molecule has 2 heterocycles. The molecule has 1 fully saturated rings. The van der Waals surface area contributed by atoms with Crippen LogP contribution in [-0.4, -0.2) is 46.6 Å². The van der Waals surface area contributed by atoms with E-state index in [9.17, 15) is 9.59 Å². The van der Waals surface area contributed by atoms with Gasteiger partial charge in [-0.05, 0) is 56.0 Å². The molecule has 0 bridgehead atoms. The minimum Gasteiger partial charge on any atom is -0.482 e. The van der Waals surface area contributed by atoms with Crippen LogP contribution >= 0.6 is 0 Å². The highest BCUT2D eigenvalue weighted by Crippen LogP contribution is 2.27. The van der Waals surface area contributed by atoms with Gasteiger partial charge in [0.05, 0.1) is 11.3 Å². The normalized spacial score (nSPS) is 16.6. The van der Waals surface area contributed by atoms with Gasteiger partial charge in [0, 0.05) is 24.7 Å². The van der Waals surface area contributed by atoms with Gasteiger partial charge in [-0.2, -0.15) is 0 Å². The lowest BCUT2D eigenvalue weighted by molar-refractivity contribution is -0.134. The number of aryl methyl sites for hydroxylation is 2. The number of carbonyl (C=O) groups is 2. The van der Waals surface area contributed by atoms with Gasteiger partial charge in [-0.1, -0.05) is 19.1 Å². The lowest BCUT2D eigenvalue weighted by Gasteiger charge is -2.33. The van der Waals surface area contributed by atoms with E-state index in [0.717, 1.165) is 42.8 Å². The molecule has 1 aliphatic rings. The first-order valence-corrected chi connectivity index (χ1v) is 9.68. The molecule has 1 N–H and O–H groups in total. The second-order valence-electron chi connectivity index (χ2n) is 7.15. The number of piperidine rings is 1. The highest BCUT2D eigenvalue weighted by atomic mass is 16.5. The van der Waals surface area contributed by atoms with Crippen LogP contribution in [0.25, 0.3) is 0 Å². The molecule has 0 aliphatic carbocycles. The van der Waals surface area contributed by atoms with E-state index in [1.165, 1.54) is 0 Å². The predicted molar refractivity (Wildman–Crippen MR) is 106 cm³/mol. The largest absolute Gasteiger partial charge is 0.482 e. The molecular formula is C22H26N2O4. The fraction of sp³-hybridized carbons (Fsp3) is 0.409. The van der Waals surface area contributed by atoms with Crippen molar-refractivity contribution < 1.29 is 19.4 Å². The fourth-order valence-electron chi connectivity index (χ4n) is 3.59. The van der Waals surface area contributed by atoms with E-state index in [-0.39, 0.29) is 24.0 Å². The Morgan fingerprint density at radius 1 is 1.21 bits per heavy atom. The van der Waals surface area contributed by atoms with Gasteiger partial charge in [0.1, 0.15) is 5.75 Å². The highest BCUT2D eigenvalue weighted by molar-refractivity contribution is 5.87. The topological polar surface area (TPSA) is 79.7 Å². The molecule has 1 amide bonds. The molecule has 6 heteroatoms. The second-order valence-corrected chi connectivity index (χ2v) is 7.15. The Hall–Kier alpha value is -2.89. The summed E-state index contributed by atoms with van der Waals surface area (Å²) >= 11 is 0. The molecule has 0 unspecified atom stereocenters. The molecule has 3 rings (SSSR count). The van der Waals surface area contributed by atoms with Gasteiger partial charge < -0.3 is 14.7 Å². The SMILES string of the molecule is CCc1nc(C)ccc1OCC(=O)N1CCC[C@@H](c2ccc(C(=O)O)cc2)C1. The van der Waals surface area contributed by atoms with Crippen LogP contribution in [0.3, 0.4) is 0 Å². The summed E-state index contributed by atoms with van der Waals surface area (Å²) in [5.74, 6) is -0.0808. The summed E-state index contributed by atoms with van der Waals surface area (Å²) in [6.45, 7) is 5.30. The maximum atomic E-state index is 12.7. The minimum atomic E-state index is -0.929. The van der Waals surface area contributed by atoms with Crippen LogP contribution in [-0.2, 0) is 11.2 Å². The summed E-state index contributed by atoms with van der Waals surface area (Å²) in [5, 5.41) is 9.04. The summed E-state index contributed by atoms with van der Waals surface area (Å²) in [4.78, 5) is 30.0. The third-order valence-electron chi connectivity index (χ3n) is 5.16. The molecule has 0 radical (unpaired) electrons. The van der Waals surface area contributed by atoms with E-state index < -0.39 is 5.97 Å². The Kier molecular flexibility index (Phi) is 6.29. The minimum absolute atomic E-state index is 0.00239. The Morgan fingerprint density at radius 3 is 2.64 bits per heavy atom. The van der Waals surface area contributed by atoms with Gasteiger partial charge >= 0.3 is 5.97 Å². The van der Waals surface area contributed by atoms with Crippen molar-refractivity contribution in [1.29, 1.82) is 0 Å². The van der Waals surface area contributed by atoms with Crippen molar-refractivity contribution in [2.75, 3.05) is 19.7 Å². The van der Waals surface area contributed by atoms with Gasteiger partial charge in [-0.15, -0.1) is 0 Å². The first-order chi connectivity index (χ1) is 13.5. The van der Waals surface area contributed by atoms with E-state index in [0.29, 0.717) is 12.3 Å². The number of carboxylic acid groups (broad SMARTS) is 1. The van der Waals surface area contributed by atoms with Crippen LogP contribution in [0.2, 0.25) is 0 Å². The average Bonchev–Trinajstić information content (AvgIpc) is 2.72. The predicted octanol–water partition coefficient (Wildman–Crippen LogP) is 3.44. The number of carboxylic acids is 1. The molecule has 28 heavy (non-hydrogen) atoms. The lowest BCUT2D eigenvalue weighted by Crippen LogP contribution is -2.41. The van der Waals surface area contributed by atoms with Gasteiger partial charge in [-0.3, -0.25) is 9.78 Å². The standard InChI is InChI=1S/C22H26N2O4/c1-3-19-20(11-6-15(2)23-19)28-14-21(25)24-12-4-5-18(13-24)16-7-9-17(10-8-16)22(26)27/h6-11,18H,3-5,12-14H2,1-2H3,(H,26,27)/t18-/m1/s1. The number of nitrogens with zero attached hydrogens (tertiary/aromatic N) is 2. The first kappa shape index (κ1) is 19.9.